The monoisotopic (exact) mass is 471 g/mol. The first kappa shape index (κ1) is 21.5. The zero-order valence-electron chi connectivity index (χ0n) is 13.2. The van der Waals surface area contributed by atoms with Gasteiger partial charge in [0.05, 0.1) is 11.1 Å². The molecule has 0 radical (unpaired) electrons. The number of carbonyl (C=O) groups is 2. The molecule has 0 saturated carbocycles. The molecule has 0 spiro atoms. The van der Waals surface area contributed by atoms with E-state index >= 15 is 0 Å². The van der Waals surface area contributed by atoms with E-state index in [1.807, 2.05) is 5.32 Å². The van der Waals surface area contributed by atoms with Crippen molar-refractivity contribution in [2.24, 2.45) is 0 Å². The molecule has 13 heteroatoms. The number of carboxylic acid groups (broad SMARTS) is 1. The summed E-state index contributed by atoms with van der Waals surface area (Å²) >= 11 is 2.97. The Morgan fingerprint density at radius 1 is 0.929 bits per heavy atom. The van der Waals surface area contributed by atoms with Crippen LogP contribution in [0.1, 0.15) is 21.5 Å². The average Bonchev–Trinajstić information content (AvgIpc) is 2.54. The number of amides is 2. The molecule has 1 aromatic carbocycles. The fourth-order valence-electron chi connectivity index (χ4n) is 2.00. The molecule has 6 nitrogen and oxygen atoms in total. The number of benzene rings is 1. The average molecular weight is 472 g/mol. The highest BCUT2D eigenvalue weighted by Gasteiger charge is 2.37. The molecule has 0 saturated heterocycles. The van der Waals surface area contributed by atoms with Crippen LogP contribution in [0.3, 0.4) is 0 Å². The summed E-state index contributed by atoms with van der Waals surface area (Å²) in [5.41, 5.74) is -4.49. The summed E-state index contributed by atoms with van der Waals surface area (Å²) in [6.45, 7) is 0. The van der Waals surface area contributed by atoms with E-state index in [0.29, 0.717) is 12.1 Å². The minimum Gasteiger partial charge on any atom is -0.478 e. The van der Waals surface area contributed by atoms with Crippen LogP contribution in [0.15, 0.2) is 34.9 Å². The number of rotatable bonds is 3. The number of pyridine rings is 1. The lowest BCUT2D eigenvalue weighted by molar-refractivity contribution is -0.143. The standard InChI is InChI=1S/C15H8BrF6N3O3/c16-8-4-10(12(26)27)11(23-5-8)25-13(28)24-9-2-6(14(17,18)19)1-7(3-9)15(20,21)22/h1-5H,(H,26,27)(H2,23,24,25,28). The molecular weight excluding hydrogens is 464 g/mol. The van der Waals surface area contributed by atoms with Crippen molar-refractivity contribution in [3.05, 3.63) is 51.6 Å². The third-order valence-electron chi connectivity index (χ3n) is 3.16. The summed E-state index contributed by atoms with van der Waals surface area (Å²) in [4.78, 5) is 26.7. The summed E-state index contributed by atoms with van der Waals surface area (Å²) in [5.74, 6) is -1.93. The number of aromatic nitrogens is 1. The SMILES string of the molecule is O=C(Nc1cc(C(F)(F)F)cc(C(F)(F)F)c1)Nc1ncc(Br)cc1C(=O)O. The molecule has 3 N–H and O–H groups in total. The number of aromatic carboxylic acids is 1. The van der Waals surface area contributed by atoms with Gasteiger partial charge in [-0.15, -0.1) is 0 Å². The van der Waals surface area contributed by atoms with E-state index in [2.05, 4.69) is 20.9 Å². The van der Waals surface area contributed by atoms with E-state index < -0.39 is 52.5 Å². The lowest BCUT2D eigenvalue weighted by Gasteiger charge is -2.15. The normalized spacial score (nSPS) is 11.8. The predicted octanol–water partition coefficient (Wildman–Crippen LogP) is 5.22. The maximum Gasteiger partial charge on any atom is 0.416 e. The Morgan fingerprint density at radius 3 is 1.93 bits per heavy atom. The third-order valence-corrected chi connectivity index (χ3v) is 3.60. The van der Waals surface area contributed by atoms with E-state index in [4.69, 9.17) is 5.11 Å². The number of nitrogens with zero attached hydrogens (tertiary/aromatic N) is 1. The van der Waals surface area contributed by atoms with Crippen LogP contribution < -0.4 is 10.6 Å². The number of carbonyl (C=O) groups excluding carboxylic acids is 1. The van der Waals surface area contributed by atoms with Gasteiger partial charge in [-0.2, -0.15) is 26.3 Å². The van der Waals surface area contributed by atoms with Crippen molar-refractivity contribution in [1.29, 1.82) is 0 Å². The molecule has 2 rings (SSSR count). The first-order valence-electron chi connectivity index (χ1n) is 7.03. The summed E-state index contributed by atoms with van der Waals surface area (Å²) < 4.78 is 77.2. The molecular formula is C15H8BrF6N3O3. The van der Waals surface area contributed by atoms with Gasteiger partial charge >= 0.3 is 24.4 Å². The summed E-state index contributed by atoms with van der Waals surface area (Å²) in [6.07, 6.45) is -9.04. The van der Waals surface area contributed by atoms with Crippen molar-refractivity contribution >= 4 is 39.4 Å². The second-order valence-corrected chi connectivity index (χ2v) is 6.14. The van der Waals surface area contributed by atoms with E-state index in [9.17, 15) is 35.9 Å². The van der Waals surface area contributed by atoms with Crippen LogP contribution in [-0.4, -0.2) is 22.1 Å². The van der Waals surface area contributed by atoms with Crippen molar-refractivity contribution < 1.29 is 41.0 Å². The van der Waals surface area contributed by atoms with Gasteiger partial charge in [0.15, 0.2) is 0 Å². The number of urea groups is 1. The van der Waals surface area contributed by atoms with Gasteiger partial charge in [-0.1, -0.05) is 0 Å². The van der Waals surface area contributed by atoms with Crippen LogP contribution in [0.4, 0.5) is 42.6 Å². The van der Waals surface area contributed by atoms with Gasteiger partial charge in [-0.05, 0) is 40.2 Å². The highest BCUT2D eigenvalue weighted by Crippen LogP contribution is 2.37. The fraction of sp³-hybridized carbons (Fsp3) is 0.133. The second-order valence-electron chi connectivity index (χ2n) is 5.23. The lowest BCUT2D eigenvalue weighted by Crippen LogP contribution is -2.22. The van der Waals surface area contributed by atoms with Gasteiger partial charge in [0.1, 0.15) is 11.4 Å². The molecule has 1 heterocycles. The Kier molecular flexibility index (Phi) is 5.87. The Morgan fingerprint density at radius 2 is 1.46 bits per heavy atom. The molecule has 0 aliphatic carbocycles. The molecule has 1 aromatic heterocycles. The molecule has 0 aliphatic rings. The topological polar surface area (TPSA) is 91.3 Å². The van der Waals surface area contributed by atoms with Crippen LogP contribution in [0.2, 0.25) is 0 Å². The van der Waals surface area contributed by atoms with Crippen molar-refractivity contribution in [2.45, 2.75) is 12.4 Å². The molecule has 150 valence electrons. The van der Waals surface area contributed by atoms with Crippen molar-refractivity contribution in [3.8, 4) is 0 Å². The van der Waals surface area contributed by atoms with E-state index in [-0.39, 0.29) is 10.5 Å². The van der Waals surface area contributed by atoms with Crippen molar-refractivity contribution in [3.63, 3.8) is 0 Å². The van der Waals surface area contributed by atoms with Gasteiger partial charge in [0.25, 0.3) is 0 Å². The van der Waals surface area contributed by atoms with Crippen LogP contribution in [0.25, 0.3) is 0 Å². The number of hydrogen-bond acceptors (Lipinski definition) is 3. The number of alkyl halides is 6. The van der Waals surface area contributed by atoms with Crippen LogP contribution in [-0.2, 0) is 12.4 Å². The second kappa shape index (κ2) is 7.66. The highest BCUT2D eigenvalue weighted by molar-refractivity contribution is 9.10. The van der Waals surface area contributed by atoms with Crippen molar-refractivity contribution in [2.75, 3.05) is 10.6 Å². The number of anilines is 2. The number of halogens is 7. The smallest absolute Gasteiger partial charge is 0.416 e. The predicted molar refractivity (Wildman–Crippen MR) is 88.0 cm³/mol. The van der Waals surface area contributed by atoms with E-state index in [0.717, 1.165) is 12.3 Å². The fourth-order valence-corrected chi connectivity index (χ4v) is 2.33. The van der Waals surface area contributed by atoms with Gasteiger partial charge in [-0.3, -0.25) is 5.32 Å². The van der Waals surface area contributed by atoms with Gasteiger partial charge in [-0.25, -0.2) is 14.6 Å². The number of carboxylic acids is 1. The van der Waals surface area contributed by atoms with E-state index in [1.54, 1.807) is 5.32 Å². The Bertz CT molecular complexity index is 898. The molecule has 0 aliphatic heterocycles. The molecule has 28 heavy (non-hydrogen) atoms. The third kappa shape index (κ3) is 5.34. The van der Waals surface area contributed by atoms with Crippen LogP contribution >= 0.6 is 15.9 Å². The minimum atomic E-state index is -5.09. The zero-order chi connectivity index (χ0) is 21.3. The minimum absolute atomic E-state index is 0.0953. The first-order chi connectivity index (χ1) is 12.8. The quantitative estimate of drug-likeness (QED) is 0.535. The summed E-state index contributed by atoms with van der Waals surface area (Å²) in [5, 5.41) is 12.8. The maximum absolute atomic E-state index is 12.8. The van der Waals surface area contributed by atoms with Crippen LogP contribution in [0.5, 0.6) is 0 Å². The first-order valence-corrected chi connectivity index (χ1v) is 7.83. The highest BCUT2D eigenvalue weighted by atomic mass is 79.9. The number of nitrogens with one attached hydrogen (secondary N) is 2. The molecule has 0 unspecified atom stereocenters. The van der Waals surface area contributed by atoms with E-state index in [1.165, 1.54) is 0 Å². The largest absolute Gasteiger partial charge is 0.478 e. The molecule has 0 atom stereocenters. The number of hydrogen-bond donors (Lipinski definition) is 3. The van der Waals surface area contributed by atoms with Gasteiger partial charge in [0, 0.05) is 16.4 Å². The lowest BCUT2D eigenvalue weighted by atomic mass is 10.1. The van der Waals surface area contributed by atoms with Crippen molar-refractivity contribution in [1.82, 2.24) is 4.98 Å². The Hall–Kier alpha value is -2.83. The molecule has 0 fully saturated rings. The Labute approximate surface area is 160 Å². The summed E-state index contributed by atoms with van der Waals surface area (Å²) in [7, 11) is 0. The molecule has 0 bridgehead atoms. The molecule has 2 amide bonds. The summed E-state index contributed by atoms with van der Waals surface area (Å²) in [6, 6.07) is 0.327. The van der Waals surface area contributed by atoms with Crippen LogP contribution in [0, 0.1) is 0 Å². The Balaban J connectivity index is 2.33. The maximum atomic E-state index is 12.8. The van der Waals surface area contributed by atoms with Gasteiger partial charge in [0.2, 0.25) is 0 Å². The molecule has 2 aromatic rings. The zero-order valence-corrected chi connectivity index (χ0v) is 14.8. The van der Waals surface area contributed by atoms with Gasteiger partial charge < -0.3 is 10.4 Å².